The number of hydrogen-bond acceptors (Lipinski definition) is 5. The second-order valence-corrected chi connectivity index (χ2v) is 8.92. The Balaban J connectivity index is 1.43. The van der Waals surface area contributed by atoms with Crippen molar-refractivity contribution in [2.75, 3.05) is 0 Å². The molecule has 0 atom stereocenters. The Morgan fingerprint density at radius 2 is 1.83 bits per heavy atom. The molecule has 0 bridgehead atoms. The van der Waals surface area contributed by atoms with E-state index >= 15 is 0 Å². The highest BCUT2D eigenvalue weighted by Gasteiger charge is 2.13. The van der Waals surface area contributed by atoms with Gasteiger partial charge in [0.15, 0.2) is 10.1 Å². The summed E-state index contributed by atoms with van der Waals surface area (Å²) < 4.78 is 3.93. The molecule has 150 valence electrons. The van der Waals surface area contributed by atoms with Crippen molar-refractivity contribution in [3.63, 3.8) is 0 Å². The molecule has 5 rings (SSSR count). The van der Waals surface area contributed by atoms with Gasteiger partial charge in [-0.3, -0.25) is 9.20 Å². The molecule has 0 amide bonds. The van der Waals surface area contributed by atoms with Gasteiger partial charge in [-0.25, -0.2) is 9.97 Å². The largest absolute Gasteiger partial charge is 0.319 e. The van der Waals surface area contributed by atoms with Crippen molar-refractivity contribution in [2.45, 2.75) is 30.8 Å². The molecule has 30 heavy (non-hydrogen) atoms. The number of thiazole rings is 1. The van der Waals surface area contributed by atoms with Crippen LogP contribution in [0.2, 0.25) is 0 Å². The van der Waals surface area contributed by atoms with Crippen molar-refractivity contribution in [1.29, 1.82) is 0 Å². The van der Waals surface area contributed by atoms with Gasteiger partial charge in [0, 0.05) is 29.4 Å². The van der Waals surface area contributed by atoms with E-state index < -0.39 is 0 Å². The van der Waals surface area contributed by atoms with Crippen molar-refractivity contribution in [2.24, 2.45) is 0 Å². The van der Waals surface area contributed by atoms with Crippen LogP contribution < -0.4 is 5.56 Å². The Hall–Kier alpha value is -2.90. The van der Waals surface area contributed by atoms with Gasteiger partial charge in [-0.2, -0.15) is 0 Å². The highest BCUT2D eigenvalue weighted by atomic mass is 32.2. The summed E-state index contributed by atoms with van der Waals surface area (Å²) in [6.45, 7) is 2.78. The average Bonchev–Trinajstić information content (AvgIpc) is 3.32. The molecule has 0 N–H and O–H groups in total. The Morgan fingerprint density at radius 1 is 1.03 bits per heavy atom. The predicted octanol–water partition coefficient (Wildman–Crippen LogP) is 4.95. The van der Waals surface area contributed by atoms with Crippen LogP contribution in [0.3, 0.4) is 0 Å². The van der Waals surface area contributed by atoms with E-state index in [1.165, 1.54) is 16.9 Å². The first kappa shape index (κ1) is 19.1. The Morgan fingerprint density at radius 3 is 2.70 bits per heavy atom. The molecule has 0 radical (unpaired) electrons. The number of nitrogens with zero attached hydrogens (tertiary/aromatic N) is 4. The summed E-state index contributed by atoms with van der Waals surface area (Å²) >= 11 is 3.13. The molecule has 0 saturated carbocycles. The lowest BCUT2D eigenvalue weighted by atomic mass is 10.1. The van der Waals surface area contributed by atoms with E-state index in [2.05, 4.69) is 39.9 Å². The number of rotatable bonds is 6. The third kappa shape index (κ3) is 3.66. The zero-order valence-corrected chi connectivity index (χ0v) is 18.1. The molecule has 5 aromatic rings. The molecule has 0 aliphatic carbocycles. The van der Waals surface area contributed by atoms with Crippen molar-refractivity contribution in [1.82, 2.24) is 18.9 Å². The topological polar surface area (TPSA) is 52.2 Å². The number of fused-ring (bicyclic) bond motifs is 2. The van der Waals surface area contributed by atoms with Gasteiger partial charge in [-0.1, -0.05) is 54.2 Å². The van der Waals surface area contributed by atoms with Gasteiger partial charge in [0.2, 0.25) is 0 Å². The summed E-state index contributed by atoms with van der Waals surface area (Å²) in [5, 5.41) is 2.92. The lowest BCUT2D eigenvalue weighted by Gasteiger charge is -2.09. The first-order valence-electron chi connectivity index (χ1n) is 9.78. The normalized spacial score (nSPS) is 11.5. The fourth-order valence-corrected chi connectivity index (χ4v) is 5.40. The van der Waals surface area contributed by atoms with Gasteiger partial charge in [0.1, 0.15) is 0 Å². The third-order valence-corrected chi connectivity index (χ3v) is 7.02. The minimum absolute atomic E-state index is 0.0214. The minimum Gasteiger partial charge on any atom is -0.319 e. The summed E-state index contributed by atoms with van der Waals surface area (Å²) in [4.78, 5) is 22.7. The Labute approximate surface area is 182 Å². The molecule has 0 aliphatic rings. The van der Waals surface area contributed by atoms with Gasteiger partial charge in [0.05, 0.1) is 16.7 Å². The van der Waals surface area contributed by atoms with Gasteiger partial charge in [-0.05, 0) is 31.0 Å². The minimum atomic E-state index is -0.0214. The molecule has 0 unspecified atom stereocenters. The number of aryl methyl sites for hydroxylation is 3. The number of hydrogen-bond donors (Lipinski definition) is 0. The molecule has 0 aliphatic heterocycles. The first-order valence-corrected chi connectivity index (χ1v) is 11.6. The summed E-state index contributed by atoms with van der Waals surface area (Å²) in [6, 6.07) is 20.4. The van der Waals surface area contributed by atoms with Gasteiger partial charge in [0.25, 0.3) is 5.56 Å². The third-order valence-electron chi connectivity index (χ3n) is 5.06. The molecule has 0 fully saturated rings. The van der Waals surface area contributed by atoms with Gasteiger partial charge < -0.3 is 4.57 Å². The molecule has 7 heteroatoms. The van der Waals surface area contributed by atoms with Crippen molar-refractivity contribution >= 4 is 39.1 Å². The van der Waals surface area contributed by atoms with E-state index in [4.69, 9.17) is 4.98 Å². The van der Waals surface area contributed by atoms with Crippen LogP contribution in [-0.4, -0.2) is 18.9 Å². The lowest BCUT2D eigenvalue weighted by Crippen LogP contribution is -2.14. The number of benzene rings is 2. The lowest BCUT2D eigenvalue weighted by molar-refractivity contribution is 0.652. The average molecular weight is 433 g/mol. The van der Waals surface area contributed by atoms with Crippen LogP contribution in [0.5, 0.6) is 0 Å². The Kier molecular flexibility index (Phi) is 5.14. The number of thioether (sulfide) groups is 1. The molecule has 0 saturated heterocycles. The van der Waals surface area contributed by atoms with E-state index in [0.29, 0.717) is 5.75 Å². The fourth-order valence-electron chi connectivity index (χ4n) is 3.58. The van der Waals surface area contributed by atoms with Crippen LogP contribution >= 0.6 is 23.1 Å². The summed E-state index contributed by atoms with van der Waals surface area (Å²) in [5.41, 5.74) is 5.12. The van der Waals surface area contributed by atoms with E-state index in [0.717, 1.165) is 45.5 Å². The maximum Gasteiger partial charge on any atom is 0.258 e. The number of imidazole rings is 1. The Bertz CT molecular complexity index is 1390. The van der Waals surface area contributed by atoms with Gasteiger partial charge >= 0.3 is 0 Å². The van der Waals surface area contributed by atoms with Crippen LogP contribution in [0.4, 0.5) is 0 Å². The second kappa shape index (κ2) is 8.08. The molecule has 5 nitrogen and oxygen atoms in total. The van der Waals surface area contributed by atoms with Crippen LogP contribution in [0.25, 0.3) is 16.0 Å². The van der Waals surface area contributed by atoms with Crippen LogP contribution in [-0.2, 0) is 18.7 Å². The highest BCUT2D eigenvalue weighted by Crippen LogP contribution is 2.27. The number of para-hydroxylation sites is 2. The van der Waals surface area contributed by atoms with Crippen molar-refractivity contribution < 1.29 is 0 Å². The number of aromatic nitrogens is 4. The summed E-state index contributed by atoms with van der Waals surface area (Å²) in [7, 11) is 0. The standard InChI is InChI=1S/C23H20N4OS2/c1-16-14-29-23-24-18(13-21(28)27(16)23)15-30-22-25-19-9-5-6-10-20(19)26(22)12-11-17-7-3-2-4-8-17/h2-10,13-14H,11-12,15H2,1H3. The first-order chi connectivity index (χ1) is 14.7. The van der Waals surface area contributed by atoms with Crippen LogP contribution in [0.1, 0.15) is 17.0 Å². The molecule has 0 spiro atoms. The maximum atomic E-state index is 12.5. The van der Waals surface area contributed by atoms with Crippen molar-refractivity contribution in [3.05, 3.63) is 93.3 Å². The monoisotopic (exact) mass is 432 g/mol. The maximum absolute atomic E-state index is 12.5. The zero-order valence-electron chi connectivity index (χ0n) is 16.5. The van der Waals surface area contributed by atoms with Gasteiger partial charge in [-0.15, -0.1) is 11.3 Å². The highest BCUT2D eigenvalue weighted by molar-refractivity contribution is 7.98. The predicted molar refractivity (Wildman–Crippen MR) is 124 cm³/mol. The molecule has 3 aromatic heterocycles. The van der Waals surface area contributed by atoms with Crippen LogP contribution in [0, 0.1) is 6.92 Å². The fraction of sp³-hybridized carbons (Fsp3) is 0.174. The van der Waals surface area contributed by atoms with Crippen LogP contribution in [0.15, 0.2) is 76.0 Å². The molecule has 3 heterocycles. The molecule has 2 aromatic carbocycles. The zero-order chi connectivity index (χ0) is 20.5. The smallest absolute Gasteiger partial charge is 0.258 e. The van der Waals surface area contributed by atoms with E-state index in [1.807, 2.05) is 36.6 Å². The van der Waals surface area contributed by atoms with E-state index in [-0.39, 0.29) is 5.56 Å². The van der Waals surface area contributed by atoms with Crippen molar-refractivity contribution in [3.8, 4) is 0 Å². The molecular formula is C23H20N4OS2. The molecular weight excluding hydrogens is 412 g/mol. The SMILES string of the molecule is Cc1csc2nc(CSc3nc4ccccc4n3CCc3ccccc3)cc(=O)n12. The summed E-state index contributed by atoms with van der Waals surface area (Å²) in [6.07, 6.45) is 0.939. The second-order valence-electron chi connectivity index (χ2n) is 7.14. The summed E-state index contributed by atoms with van der Waals surface area (Å²) in [5.74, 6) is 0.608. The van der Waals surface area contributed by atoms with E-state index in [1.54, 1.807) is 22.2 Å². The quantitative estimate of drug-likeness (QED) is 0.356. The van der Waals surface area contributed by atoms with E-state index in [9.17, 15) is 4.79 Å².